The van der Waals surface area contributed by atoms with Gasteiger partial charge in [0.25, 0.3) is 5.91 Å². The predicted molar refractivity (Wildman–Crippen MR) is 91.9 cm³/mol. The SMILES string of the molecule is COc1ccc(COCCc2ccc(C(=O)N(C)OC)cc2)cc1. The molecule has 2 aromatic rings. The quantitative estimate of drug-likeness (QED) is 0.551. The topological polar surface area (TPSA) is 48.0 Å². The lowest BCUT2D eigenvalue weighted by Crippen LogP contribution is -2.25. The molecule has 2 aromatic carbocycles. The molecule has 0 saturated heterocycles. The van der Waals surface area contributed by atoms with E-state index in [1.807, 2.05) is 36.4 Å². The number of hydrogen-bond donors (Lipinski definition) is 0. The van der Waals surface area contributed by atoms with Crippen molar-refractivity contribution in [1.29, 1.82) is 0 Å². The summed E-state index contributed by atoms with van der Waals surface area (Å²) in [6.07, 6.45) is 0.796. The summed E-state index contributed by atoms with van der Waals surface area (Å²) >= 11 is 0. The van der Waals surface area contributed by atoms with Crippen LogP contribution in [0.4, 0.5) is 0 Å². The third-order valence-corrected chi connectivity index (χ3v) is 3.72. The number of nitrogens with zero attached hydrogens (tertiary/aromatic N) is 1. The fourth-order valence-electron chi connectivity index (χ4n) is 2.18. The third-order valence-electron chi connectivity index (χ3n) is 3.72. The molecule has 0 radical (unpaired) electrons. The first kappa shape index (κ1) is 18.0. The van der Waals surface area contributed by atoms with Gasteiger partial charge in [-0.3, -0.25) is 9.63 Å². The molecule has 0 N–H and O–H groups in total. The highest BCUT2D eigenvalue weighted by molar-refractivity contribution is 5.93. The Hall–Kier alpha value is -2.37. The zero-order chi connectivity index (χ0) is 17.4. The standard InChI is InChI=1S/C19H23NO4/c1-20(23-3)19(21)17-8-4-15(5-9-17)12-13-24-14-16-6-10-18(22-2)11-7-16/h4-11H,12-14H2,1-3H3. The van der Waals surface area contributed by atoms with E-state index in [2.05, 4.69) is 0 Å². The summed E-state index contributed by atoms with van der Waals surface area (Å²) in [5.74, 6) is 0.673. The molecule has 128 valence electrons. The molecule has 0 fully saturated rings. The molecule has 0 bridgehead atoms. The number of hydrogen-bond acceptors (Lipinski definition) is 4. The van der Waals surface area contributed by atoms with E-state index in [4.69, 9.17) is 14.3 Å². The fraction of sp³-hybridized carbons (Fsp3) is 0.316. The van der Waals surface area contributed by atoms with Crippen molar-refractivity contribution >= 4 is 5.91 Å². The molecule has 0 aliphatic rings. The Morgan fingerprint density at radius 3 is 2.17 bits per heavy atom. The molecular formula is C19H23NO4. The number of amides is 1. The summed E-state index contributed by atoms with van der Waals surface area (Å²) in [7, 11) is 4.70. The van der Waals surface area contributed by atoms with Crippen LogP contribution < -0.4 is 4.74 Å². The Bertz CT molecular complexity index is 637. The second-order valence-electron chi connectivity index (χ2n) is 5.33. The molecule has 2 rings (SSSR count). The van der Waals surface area contributed by atoms with Gasteiger partial charge in [0.05, 0.1) is 27.4 Å². The molecule has 0 spiro atoms. The van der Waals surface area contributed by atoms with Gasteiger partial charge in [-0.15, -0.1) is 0 Å². The predicted octanol–water partition coefficient (Wildman–Crippen LogP) is 3.09. The normalized spacial score (nSPS) is 10.5. The van der Waals surface area contributed by atoms with Crippen molar-refractivity contribution in [3.63, 3.8) is 0 Å². The van der Waals surface area contributed by atoms with Crippen LogP contribution in [0.15, 0.2) is 48.5 Å². The number of hydroxylamine groups is 2. The lowest BCUT2D eigenvalue weighted by molar-refractivity contribution is -0.0756. The second kappa shape index (κ2) is 9.05. The van der Waals surface area contributed by atoms with Crippen LogP contribution in [-0.2, 0) is 22.6 Å². The van der Waals surface area contributed by atoms with Crippen molar-refractivity contribution in [3.05, 3.63) is 65.2 Å². The van der Waals surface area contributed by atoms with Crippen LogP contribution in [0.1, 0.15) is 21.5 Å². The van der Waals surface area contributed by atoms with Crippen LogP contribution in [0.25, 0.3) is 0 Å². The molecule has 0 heterocycles. The molecule has 0 aliphatic carbocycles. The Balaban J connectivity index is 1.77. The first-order valence-electron chi connectivity index (χ1n) is 7.76. The summed E-state index contributed by atoms with van der Waals surface area (Å²) in [4.78, 5) is 16.8. The van der Waals surface area contributed by atoms with Gasteiger partial charge in [0, 0.05) is 12.6 Å². The number of carbonyl (C=O) groups is 1. The van der Waals surface area contributed by atoms with Gasteiger partial charge in [0.1, 0.15) is 5.75 Å². The molecule has 0 atom stereocenters. The van der Waals surface area contributed by atoms with Gasteiger partial charge in [-0.1, -0.05) is 24.3 Å². The summed E-state index contributed by atoms with van der Waals surface area (Å²) < 4.78 is 10.8. The van der Waals surface area contributed by atoms with Crippen molar-refractivity contribution in [2.75, 3.05) is 27.9 Å². The molecule has 0 aliphatic heterocycles. The van der Waals surface area contributed by atoms with Crippen LogP contribution in [0.2, 0.25) is 0 Å². The number of methoxy groups -OCH3 is 1. The van der Waals surface area contributed by atoms with Crippen LogP contribution in [0, 0.1) is 0 Å². The molecule has 0 aromatic heterocycles. The first-order valence-corrected chi connectivity index (χ1v) is 7.76. The lowest BCUT2D eigenvalue weighted by Gasteiger charge is -2.13. The number of benzene rings is 2. The van der Waals surface area contributed by atoms with Gasteiger partial charge in [-0.2, -0.15) is 0 Å². The summed E-state index contributed by atoms with van der Waals surface area (Å²) in [6.45, 7) is 1.19. The van der Waals surface area contributed by atoms with E-state index in [0.29, 0.717) is 18.8 Å². The number of rotatable bonds is 8. The maximum absolute atomic E-state index is 11.9. The van der Waals surface area contributed by atoms with Gasteiger partial charge in [0.15, 0.2) is 0 Å². The summed E-state index contributed by atoms with van der Waals surface area (Å²) in [5.41, 5.74) is 2.84. The summed E-state index contributed by atoms with van der Waals surface area (Å²) in [6, 6.07) is 15.3. The van der Waals surface area contributed by atoms with E-state index in [9.17, 15) is 4.79 Å². The van der Waals surface area contributed by atoms with Gasteiger partial charge in [-0.25, -0.2) is 5.06 Å². The maximum Gasteiger partial charge on any atom is 0.277 e. The summed E-state index contributed by atoms with van der Waals surface area (Å²) in [5, 5.41) is 1.20. The van der Waals surface area contributed by atoms with Crippen molar-refractivity contribution in [2.24, 2.45) is 0 Å². The van der Waals surface area contributed by atoms with Gasteiger partial charge >= 0.3 is 0 Å². The minimum Gasteiger partial charge on any atom is -0.497 e. The highest BCUT2D eigenvalue weighted by Crippen LogP contribution is 2.12. The lowest BCUT2D eigenvalue weighted by atomic mass is 10.1. The van der Waals surface area contributed by atoms with Crippen molar-refractivity contribution in [1.82, 2.24) is 5.06 Å². The van der Waals surface area contributed by atoms with Crippen molar-refractivity contribution in [2.45, 2.75) is 13.0 Å². The average Bonchev–Trinajstić information content (AvgIpc) is 2.65. The van der Waals surface area contributed by atoms with Crippen LogP contribution in [0.3, 0.4) is 0 Å². The monoisotopic (exact) mass is 329 g/mol. The molecular weight excluding hydrogens is 306 g/mol. The van der Waals surface area contributed by atoms with E-state index in [1.54, 1.807) is 26.3 Å². The van der Waals surface area contributed by atoms with E-state index in [0.717, 1.165) is 23.3 Å². The Kier molecular flexibility index (Phi) is 6.78. The largest absolute Gasteiger partial charge is 0.497 e. The first-order chi connectivity index (χ1) is 11.6. The van der Waals surface area contributed by atoms with Crippen LogP contribution in [-0.4, -0.2) is 38.8 Å². The number of carbonyl (C=O) groups excluding carboxylic acids is 1. The Morgan fingerprint density at radius 1 is 0.958 bits per heavy atom. The molecule has 0 unspecified atom stereocenters. The third kappa shape index (κ3) is 5.08. The van der Waals surface area contributed by atoms with Gasteiger partial charge < -0.3 is 9.47 Å². The highest BCUT2D eigenvalue weighted by Gasteiger charge is 2.10. The van der Waals surface area contributed by atoms with E-state index in [1.165, 1.54) is 12.2 Å². The number of ether oxygens (including phenoxy) is 2. The Morgan fingerprint density at radius 2 is 1.58 bits per heavy atom. The van der Waals surface area contributed by atoms with Gasteiger partial charge in [0.2, 0.25) is 0 Å². The molecule has 5 nitrogen and oxygen atoms in total. The molecule has 0 saturated carbocycles. The Labute approximate surface area is 142 Å². The van der Waals surface area contributed by atoms with E-state index < -0.39 is 0 Å². The second-order valence-corrected chi connectivity index (χ2v) is 5.33. The molecule has 5 heteroatoms. The maximum atomic E-state index is 11.9. The minimum atomic E-state index is -0.167. The van der Waals surface area contributed by atoms with E-state index >= 15 is 0 Å². The van der Waals surface area contributed by atoms with Crippen LogP contribution in [0.5, 0.6) is 5.75 Å². The zero-order valence-electron chi connectivity index (χ0n) is 14.3. The smallest absolute Gasteiger partial charge is 0.277 e. The molecule has 24 heavy (non-hydrogen) atoms. The van der Waals surface area contributed by atoms with E-state index in [-0.39, 0.29) is 5.91 Å². The van der Waals surface area contributed by atoms with Gasteiger partial charge in [-0.05, 0) is 41.8 Å². The van der Waals surface area contributed by atoms with Crippen LogP contribution >= 0.6 is 0 Å². The minimum absolute atomic E-state index is 0.167. The highest BCUT2D eigenvalue weighted by atomic mass is 16.7. The average molecular weight is 329 g/mol. The van der Waals surface area contributed by atoms with Crippen molar-refractivity contribution < 1.29 is 19.1 Å². The zero-order valence-corrected chi connectivity index (χ0v) is 14.3. The fourth-order valence-corrected chi connectivity index (χ4v) is 2.18. The molecule has 1 amide bonds. The van der Waals surface area contributed by atoms with Crippen molar-refractivity contribution in [3.8, 4) is 5.75 Å².